The van der Waals surface area contributed by atoms with Gasteiger partial charge < -0.3 is 10.1 Å². The van der Waals surface area contributed by atoms with Gasteiger partial charge in [-0.05, 0) is 8.93 Å². The molecule has 0 aromatic carbocycles. The summed E-state index contributed by atoms with van der Waals surface area (Å²) < 4.78 is 0. The number of nitrogens with one attached hydrogen (secondary N) is 1. The lowest BCUT2D eigenvalue weighted by molar-refractivity contribution is 0.0692. The predicted molar refractivity (Wildman–Crippen MR) is 58.5 cm³/mol. The molecule has 0 spiro atoms. The number of carbonyl (C=O) groups is 1. The minimum atomic E-state index is -1.09. The van der Waals surface area contributed by atoms with Crippen LogP contribution in [0.15, 0.2) is 11.5 Å². The van der Waals surface area contributed by atoms with Crippen molar-refractivity contribution >= 4 is 47.3 Å². The van der Waals surface area contributed by atoms with Gasteiger partial charge in [0, 0.05) is 21.2 Å². The van der Waals surface area contributed by atoms with E-state index in [1.807, 2.05) is 21.2 Å². The monoisotopic (exact) mass is 322 g/mol. The Morgan fingerprint density at radius 1 is 1.57 bits per heavy atom. The molecular weight excluding hydrogens is 319 g/mol. The lowest BCUT2D eigenvalue weighted by atomic mass is 10.4. The predicted octanol–water partition coefficient (Wildman–Crippen LogP) is 1.49. The van der Waals surface area contributed by atoms with Crippen LogP contribution in [0, 0.1) is 0 Å². The standard InChI is InChI=1S/C6H3IN4O2S/c7-14-6-10-2-3(5(12)13)8-1-9-4(2)11-6/h1H,(H,12,13)(H,8,9,10,11). The maximum absolute atomic E-state index is 10.8. The van der Waals surface area contributed by atoms with Crippen molar-refractivity contribution in [2.24, 2.45) is 0 Å². The highest BCUT2D eigenvalue weighted by atomic mass is 127. The highest BCUT2D eigenvalue weighted by Crippen LogP contribution is 2.24. The van der Waals surface area contributed by atoms with Crippen LogP contribution in [0.25, 0.3) is 11.2 Å². The van der Waals surface area contributed by atoms with Crippen molar-refractivity contribution in [3.8, 4) is 0 Å². The molecule has 0 fully saturated rings. The second-order valence-corrected chi connectivity index (χ2v) is 4.21. The maximum atomic E-state index is 10.8. The number of fused-ring (bicyclic) bond motifs is 1. The van der Waals surface area contributed by atoms with Crippen LogP contribution in [0.4, 0.5) is 0 Å². The Kier molecular flexibility index (Phi) is 2.54. The molecule has 0 aliphatic rings. The van der Waals surface area contributed by atoms with Crippen LogP contribution in [0.1, 0.15) is 10.5 Å². The van der Waals surface area contributed by atoms with Gasteiger partial charge in [0.2, 0.25) is 0 Å². The molecule has 0 saturated carbocycles. The molecule has 0 amide bonds. The molecule has 2 heterocycles. The summed E-state index contributed by atoms with van der Waals surface area (Å²) in [4.78, 5) is 25.2. The van der Waals surface area contributed by atoms with Crippen molar-refractivity contribution in [1.29, 1.82) is 0 Å². The van der Waals surface area contributed by atoms with Crippen molar-refractivity contribution in [2.45, 2.75) is 5.16 Å². The summed E-state index contributed by atoms with van der Waals surface area (Å²) in [5.74, 6) is -1.09. The normalized spacial score (nSPS) is 10.6. The molecular formula is C6H3IN4O2S. The van der Waals surface area contributed by atoms with Gasteiger partial charge in [0.05, 0.1) is 0 Å². The van der Waals surface area contributed by atoms with E-state index in [2.05, 4.69) is 19.9 Å². The number of aromatic carboxylic acids is 1. The molecule has 0 unspecified atom stereocenters. The lowest BCUT2D eigenvalue weighted by Gasteiger charge is -1.92. The molecule has 0 saturated heterocycles. The lowest BCUT2D eigenvalue weighted by Crippen LogP contribution is -2.01. The van der Waals surface area contributed by atoms with E-state index in [-0.39, 0.29) is 5.69 Å². The molecule has 14 heavy (non-hydrogen) atoms. The minimum absolute atomic E-state index is 0.0563. The number of carboxylic acids is 1. The van der Waals surface area contributed by atoms with Gasteiger partial charge in [-0.3, -0.25) is 0 Å². The summed E-state index contributed by atoms with van der Waals surface area (Å²) in [6, 6.07) is 0. The van der Waals surface area contributed by atoms with Crippen LogP contribution < -0.4 is 0 Å². The van der Waals surface area contributed by atoms with Gasteiger partial charge in [-0.25, -0.2) is 19.7 Å². The summed E-state index contributed by atoms with van der Waals surface area (Å²) in [6.07, 6.45) is 1.19. The number of aromatic nitrogens is 4. The smallest absolute Gasteiger partial charge is 0.356 e. The first-order valence-electron chi connectivity index (χ1n) is 3.45. The number of nitrogens with zero attached hydrogens (tertiary/aromatic N) is 3. The molecule has 72 valence electrons. The van der Waals surface area contributed by atoms with Crippen molar-refractivity contribution in [3.05, 3.63) is 12.0 Å². The number of aromatic amines is 1. The van der Waals surface area contributed by atoms with Crippen LogP contribution in [-0.2, 0) is 0 Å². The molecule has 2 aromatic rings. The molecule has 6 nitrogen and oxygen atoms in total. The van der Waals surface area contributed by atoms with E-state index in [4.69, 9.17) is 5.11 Å². The average Bonchev–Trinajstić information content (AvgIpc) is 2.59. The fourth-order valence-corrected chi connectivity index (χ4v) is 1.89. The zero-order valence-electron chi connectivity index (χ0n) is 6.56. The number of halogens is 1. The fraction of sp³-hybridized carbons (Fsp3) is 0. The second kappa shape index (κ2) is 3.69. The number of H-pyrrole nitrogens is 1. The van der Waals surface area contributed by atoms with Crippen molar-refractivity contribution < 1.29 is 9.90 Å². The van der Waals surface area contributed by atoms with Gasteiger partial charge >= 0.3 is 5.97 Å². The van der Waals surface area contributed by atoms with E-state index in [1.54, 1.807) is 0 Å². The summed E-state index contributed by atoms with van der Waals surface area (Å²) >= 11 is 2.04. The first kappa shape index (κ1) is 9.65. The second-order valence-electron chi connectivity index (χ2n) is 2.35. The zero-order valence-corrected chi connectivity index (χ0v) is 9.53. The van der Waals surface area contributed by atoms with Crippen LogP contribution in [0.5, 0.6) is 0 Å². The first-order valence-corrected chi connectivity index (χ1v) is 6.81. The van der Waals surface area contributed by atoms with Crippen LogP contribution >= 0.6 is 30.1 Å². The highest BCUT2D eigenvalue weighted by molar-refractivity contribution is 14.2. The van der Waals surface area contributed by atoms with E-state index < -0.39 is 5.97 Å². The Morgan fingerprint density at radius 3 is 3.00 bits per heavy atom. The zero-order chi connectivity index (χ0) is 10.1. The van der Waals surface area contributed by atoms with E-state index >= 15 is 0 Å². The number of imidazole rings is 1. The maximum Gasteiger partial charge on any atom is 0.356 e. The molecule has 2 N–H and O–H groups in total. The van der Waals surface area contributed by atoms with Crippen molar-refractivity contribution in [2.75, 3.05) is 0 Å². The molecule has 0 aliphatic heterocycles. The third kappa shape index (κ3) is 1.54. The van der Waals surface area contributed by atoms with Crippen molar-refractivity contribution in [3.63, 3.8) is 0 Å². The van der Waals surface area contributed by atoms with Crippen LogP contribution in [-0.4, -0.2) is 31.0 Å². The topological polar surface area (TPSA) is 91.8 Å². The summed E-state index contributed by atoms with van der Waals surface area (Å²) in [5, 5.41) is 9.43. The van der Waals surface area contributed by atoms with E-state index in [9.17, 15) is 4.79 Å². The highest BCUT2D eigenvalue weighted by Gasteiger charge is 2.14. The van der Waals surface area contributed by atoms with Crippen molar-refractivity contribution in [1.82, 2.24) is 19.9 Å². The summed E-state index contributed by atoms with van der Waals surface area (Å²) in [6.45, 7) is 0. The molecule has 0 radical (unpaired) electrons. The summed E-state index contributed by atoms with van der Waals surface area (Å²) in [5.41, 5.74) is 0.676. The number of hydrogen-bond donors (Lipinski definition) is 2. The Bertz CT molecular complexity index is 500. The third-order valence-corrected chi connectivity index (χ3v) is 3.13. The number of rotatable bonds is 2. The molecule has 8 heteroatoms. The van der Waals surface area contributed by atoms with E-state index in [0.29, 0.717) is 16.3 Å². The van der Waals surface area contributed by atoms with E-state index in [0.717, 1.165) is 0 Å². The molecule has 0 bridgehead atoms. The van der Waals surface area contributed by atoms with Gasteiger partial charge in [-0.1, -0.05) is 0 Å². The molecule has 2 aromatic heterocycles. The number of hydrogen-bond acceptors (Lipinski definition) is 5. The largest absolute Gasteiger partial charge is 0.476 e. The van der Waals surface area contributed by atoms with E-state index in [1.165, 1.54) is 15.3 Å². The Hall–Kier alpha value is -0.900. The molecule has 2 rings (SSSR count). The number of carboxylic acid groups (broad SMARTS) is 1. The molecule has 0 aliphatic carbocycles. The minimum Gasteiger partial charge on any atom is -0.476 e. The van der Waals surface area contributed by atoms with Gasteiger partial charge in [0.25, 0.3) is 0 Å². The van der Waals surface area contributed by atoms with Crippen LogP contribution in [0.2, 0.25) is 0 Å². The van der Waals surface area contributed by atoms with Gasteiger partial charge in [0.15, 0.2) is 16.5 Å². The Morgan fingerprint density at radius 2 is 2.36 bits per heavy atom. The summed E-state index contributed by atoms with van der Waals surface area (Å²) in [7, 11) is 1.36. The van der Waals surface area contributed by atoms with Gasteiger partial charge in [-0.2, -0.15) is 0 Å². The SMILES string of the molecule is O=C(O)c1ncnc2nc(SI)[nH]c12. The average molecular weight is 322 g/mol. The van der Waals surface area contributed by atoms with Gasteiger partial charge in [0.1, 0.15) is 11.8 Å². The Labute approximate surface area is 94.1 Å². The Balaban J connectivity index is 2.73. The molecule has 0 atom stereocenters. The fourth-order valence-electron chi connectivity index (χ4n) is 1.01. The van der Waals surface area contributed by atoms with Gasteiger partial charge in [-0.15, -0.1) is 0 Å². The van der Waals surface area contributed by atoms with Crippen LogP contribution in [0.3, 0.4) is 0 Å². The third-order valence-electron chi connectivity index (χ3n) is 1.54. The quantitative estimate of drug-likeness (QED) is 0.814. The first-order chi connectivity index (χ1) is 6.72.